The average molecular weight is 612 g/mol. The molecule has 44 heavy (non-hydrogen) atoms. The van der Waals surface area contributed by atoms with Crippen LogP contribution in [-0.4, -0.2) is 89.8 Å². The van der Waals surface area contributed by atoms with Crippen LogP contribution in [0.1, 0.15) is 46.4 Å². The van der Waals surface area contributed by atoms with Crippen LogP contribution in [0.5, 0.6) is 6.01 Å². The van der Waals surface area contributed by atoms with Gasteiger partial charge in [-0.3, -0.25) is 0 Å². The number of carbonyl (C=O) groups excluding carboxylic acids is 1. The number of carbonyl (C=O) groups is 1. The van der Waals surface area contributed by atoms with Gasteiger partial charge < -0.3 is 24.3 Å². The first kappa shape index (κ1) is 30.1. The number of ether oxygens (including phenoxy) is 1. The normalized spacial score (nSPS) is 19.9. The summed E-state index contributed by atoms with van der Waals surface area (Å²) in [6, 6.07) is 11.7. The molecule has 10 nitrogen and oxygen atoms in total. The lowest BCUT2D eigenvalue weighted by molar-refractivity contribution is -0.137. The lowest BCUT2D eigenvalue weighted by Gasteiger charge is -2.35. The number of pyridine rings is 1. The van der Waals surface area contributed by atoms with Crippen molar-refractivity contribution in [3.05, 3.63) is 71.0 Å². The van der Waals surface area contributed by atoms with Crippen molar-refractivity contribution in [3.63, 3.8) is 0 Å². The standard InChI is InChI=1S/C31H36F3N7O3/c1-38-14-6-10-23(38)21-43-30-36-26-20-40(28-25(31(32,33)34)12-5-13-35-28)15-7-11-24(26)27(37-30)39-16-18-41(19-17-39)44-29(42)22-8-3-2-4-9-22/h2-5,8-9,12-13,23H,6-7,10-11,14-21H2,1H3. The van der Waals surface area contributed by atoms with Crippen molar-refractivity contribution < 1.29 is 27.5 Å². The Morgan fingerprint density at radius 2 is 1.73 bits per heavy atom. The second-order valence-corrected chi connectivity index (χ2v) is 11.4. The highest BCUT2D eigenvalue weighted by atomic mass is 19.4. The largest absolute Gasteiger partial charge is 0.462 e. The monoisotopic (exact) mass is 611 g/mol. The summed E-state index contributed by atoms with van der Waals surface area (Å²) in [5, 5.41) is 1.65. The molecule has 0 radical (unpaired) electrons. The third kappa shape index (κ3) is 6.73. The topological polar surface area (TPSA) is 87.2 Å². The number of likely N-dealkylation sites (N-methyl/N-ethyl adjacent to an activating group) is 1. The van der Waals surface area contributed by atoms with Gasteiger partial charge in [-0.15, -0.1) is 5.06 Å². The van der Waals surface area contributed by atoms with Gasteiger partial charge in [-0.1, -0.05) is 18.2 Å². The van der Waals surface area contributed by atoms with Crippen LogP contribution in [-0.2, 0) is 24.0 Å². The molecular weight excluding hydrogens is 575 g/mol. The van der Waals surface area contributed by atoms with Crippen LogP contribution in [0.3, 0.4) is 0 Å². The summed E-state index contributed by atoms with van der Waals surface area (Å²) in [4.78, 5) is 38.0. The summed E-state index contributed by atoms with van der Waals surface area (Å²) in [5.41, 5.74) is 1.26. The van der Waals surface area contributed by atoms with E-state index in [1.54, 1.807) is 34.2 Å². The fourth-order valence-corrected chi connectivity index (χ4v) is 6.06. The molecule has 2 aromatic heterocycles. The van der Waals surface area contributed by atoms with Crippen molar-refractivity contribution in [1.82, 2.24) is 24.9 Å². The highest BCUT2D eigenvalue weighted by molar-refractivity contribution is 5.89. The molecule has 3 aliphatic heterocycles. The second-order valence-electron chi connectivity index (χ2n) is 11.4. The van der Waals surface area contributed by atoms with Crippen LogP contribution in [0.15, 0.2) is 48.7 Å². The Bertz CT molecular complexity index is 1450. The summed E-state index contributed by atoms with van der Waals surface area (Å²) < 4.78 is 47.9. The number of likely N-dealkylation sites (tertiary alicyclic amines) is 1. The Morgan fingerprint density at radius 1 is 0.932 bits per heavy atom. The number of piperazine rings is 1. The van der Waals surface area contributed by atoms with Crippen LogP contribution >= 0.6 is 0 Å². The highest BCUT2D eigenvalue weighted by Crippen LogP contribution is 2.37. The molecule has 234 valence electrons. The quantitative estimate of drug-likeness (QED) is 0.387. The number of hydrogen-bond acceptors (Lipinski definition) is 10. The van der Waals surface area contributed by atoms with Crippen molar-refractivity contribution in [2.24, 2.45) is 0 Å². The van der Waals surface area contributed by atoms with Crippen LogP contribution in [0.4, 0.5) is 24.8 Å². The smallest absolute Gasteiger partial charge is 0.419 e. The Hall–Kier alpha value is -3.97. The van der Waals surface area contributed by atoms with Gasteiger partial charge in [-0.05, 0) is 63.5 Å². The lowest BCUT2D eigenvalue weighted by Crippen LogP contribution is -2.47. The minimum atomic E-state index is -4.53. The molecule has 1 unspecified atom stereocenters. The van der Waals surface area contributed by atoms with Gasteiger partial charge in [-0.2, -0.15) is 23.1 Å². The van der Waals surface area contributed by atoms with Gasteiger partial charge in [-0.25, -0.2) is 9.78 Å². The molecule has 1 aromatic carbocycles. The van der Waals surface area contributed by atoms with Crippen LogP contribution in [0.25, 0.3) is 0 Å². The summed E-state index contributed by atoms with van der Waals surface area (Å²) in [6.07, 6.45) is 0.189. The summed E-state index contributed by atoms with van der Waals surface area (Å²) in [7, 11) is 2.07. The van der Waals surface area contributed by atoms with E-state index >= 15 is 0 Å². The second kappa shape index (κ2) is 12.9. The maximum Gasteiger partial charge on any atom is 0.419 e. The van der Waals surface area contributed by atoms with Gasteiger partial charge in [0.2, 0.25) is 0 Å². The van der Waals surface area contributed by atoms with Gasteiger partial charge in [0.25, 0.3) is 0 Å². The summed E-state index contributed by atoms with van der Waals surface area (Å²) >= 11 is 0. The first-order valence-electron chi connectivity index (χ1n) is 15.0. The molecule has 3 aromatic rings. The molecule has 0 N–H and O–H groups in total. The zero-order valence-corrected chi connectivity index (χ0v) is 24.7. The van der Waals surface area contributed by atoms with Crippen molar-refractivity contribution in [2.45, 2.75) is 44.4 Å². The minimum Gasteiger partial charge on any atom is -0.462 e. The first-order chi connectivity index (χ1) is 21.3. The van der Waals surface area contributed by atoms with Gasteiger partial charge in [0, 0.05) is 37.4 Å². The number of rotatable bonds is 7. The molecule has 0 amide bonds. The van der Waals surface area contributed by atoms with E-state index < -0.39 is 17.7 Å². The van der Waals surface area contributed by atoms with E-state index in [0.717, 1.165) is 36.8 Å². The fraction of sp³-hybridized carbons (Fsp3) is 0.484. The van der Waals surface area contributed by atoms with E-state index in [0.29, 0.717) is 63.4 Å². The number of fused-ring (bicyclic) bond motifs is 1. The van der Waals surface area contributed by atoms with Gasteiger partial charge >= 0.3 is 18.2 Å². The number of alkyl halides is 3. The van der Waals surface area contributed by atoms with Crippen molar-refractivity contribution in [2.75, 3.05) is 62.7 Å². The number of halogens is 3. The number of hydroxylamine groups is 2. The molecule has 13 heteroatoms. The highest BCUT2D eigenvalue weighted by Gasteiger charge is 2.37. The molecular formula is C31H36F3N7O3. The Balaban J connectivity index is 1.24. The van der Waals surface area contributed by atoms with E-state index in [4.69, 9.17) is 19.5 Å². The molecule has 0 aliphatic carbocycles. The first-order valence-corrected chi connectivity index (χ1v) is 15.0. The third-order valence-corrected chi connectivity index (χ3v) is 8.47. The predicted octanol–water partition coefficient (Wildman–Crippen LogP) is 4.21. The van der Waals surface area contributed by atoms with E-state index in [9.17, 15) is 18.0 Å². The molecule has 2 fully saturated rings. The van der Waals surface area contributed by atoms with Crippen LogP contribution in [0.2, 0.25) is 0 Å². The van der Waals surface area contributed by atoms with Crippen LogP contribution < -0.4 is 14.5 Å². The predicted molar refractivity (Wildman–Crippen MR) is 157 cm³/mol. The average Bonchev–Trinajstić information content (AvgIpc) is 3.32. The van der Waals surface area contributed by atoms with Gasteiger partial charge in [0.15, 0.2) is 0 Å². The molecule has 6 rings (SSSR count). The van der Waals surface area contributed by atoms with E-state index in [2.05, 4.69) is 21.8 Å². The molecule has 1 atom stereocenters. The Morgan fingerprint density at radius 3 is 2.45 bits per heavy atom. The maximum absolute atomic E-state index is 13.9. The van der Waals surface area contributed by atoms with Crippen LogP contribution in [0, 0.1) is 0 Å². The zero-order chi connectivity index (χ0) is 30.7. The van der Waals surface area contributed by atoms with Gasteiger partial charge in [0.05, 0.1) is 36.5 Å². The summed E-state index contributed by atoms with van der Waals surface area (Å²) in [5.74, 6) is 0.213. The number of nitrogens with zero attached hydrogens (tertiary/aromatic N) is 7. The molecule has 5 heterocycles. The molecule has 0 saturated carbocycles. The Labute approximate surface area is 254 Å². The molecule has 0 bridgehead atoms. The number of benzene rings is 1. The third-order valence-electron chi connectivity index (χ3n) is 8.47. The van der Waals surface area contributed by atoms with Crippen molar-refractivity contribution in [1.29, 1.82) is 0 Å². The molecule has 2 saturated heterocycles. The fourth-order valence-electron chi connectivity index (χ4n) is 6.06. The zero-order valence-electron chi connectivity index (χ0n) is 24.7. The van der Waals surface area contributed by atoms with Crippen molar-refractivity contribution >= 4 is 17.6 Å². The molecule has 3 aliphatic rings. The minimum absolute atomic E-state index is 0.100. The SMILES string of the molecule is CN1CCCC1COc1nc2c(c(N3CCN(OC(=O)c4ccccc4)CC3)n1)CCCN(c1ncccc1C(F)(F)F)C2. The molecule has 0 spiro atoms. The maximum atomic E-state index is 13.9. The van der Waals surface area contributed by atoms with Crippen molar-refractivity contribution in [3.8, 4) is 6.01 Å². The van der Waals surface area contributed by atoms with E-state index in [1.807, 2.05) is 6.07 Å². The number of hydrogen-bond donors (Lipinski definition) is 0. The van der Waals surface area contributed by atoms with E-state index in [-0.39, 0.29) is 24.4 Å². The number of anilines is 2. The van der Waals surface area contributed by atoms with Gasteiger partial charge in [0.1, 0.15) is 18.2 Å². The number of aromatic nitrogens is 3. The summed E-state index contributed by atoms with van der Waals surface area (Å²) in [6.45, 7) is 3.99. The Kier molecular flexibility index (Phi) is 8.85. The lowest BCUT2D eigenvalue weighted by atomic mass is 10.1. The van der Waals surface area contributed by atoms with E-state index in [1.165, 1.54) is 12.3 Å².